The van der Waals surface area contributed by atoms with Crippen molar-refractivity contribution < 1.29 is 9.90 Å². The minimum atomic E-state index is -1.02. The molecule has 2 aromatic rings. The van der Waals surface area contributed by atoms with Gasteiger partial charge in [0.05, 0.1) is 23.3 Å². The van der Waals surface area contributed by atoms with E-state index in [-0.39, 0.29) is 10.7 Å². The van der Waals surface area contributed by atoms with Gasteiger partial charge in [0.25, 0.3) is 0 Å². The van der Waals surface area contributed by atoms with Crippen LogP contribution >= 0.6 is 22.9 Å². The Morgan fingerprint density at radius 3 is 2.84 bits per heavy atom. The number of carbonyl (C=O) groups is 1. The van der Waals surface area contributed by atoms with Crippen molar-refractivity contribution >= 4 is 34.7 Å². The fraction of sp³-hybridized carbons (Fsp3) is 0.250. The van der Waals surface area contributed by atoms with E-state index in [2.05, 4.69) is 9.97 Å². The molecule has 0 radical (unpaired) electrons. The lowest BCUT2D eigenvalue weighted by Crippen LogP contribution is -2.18. The van der Waals surface area contributed by atoms with Gasteiger partial charge in [0.1, 0.15) is 11.0 Å². The van der Waals surface area contributed by atoms with Gasteiger partial charge in [-0.3, -0.25) is 0 Å². The highest BCUT2D eigenvalue weighted by Gasteiger charge is 2.12. The van der Waals surface area contributed by atoms with E-state index in [9.17, 15) is 4.79 Å². The van der Waals surface area contributed by atoms with E-state index < -0.39 is 5.97 Å². The van der Waals surface area contributed by atoms with Crippen LogP contribution in [0.1, 0.15) is 20.9 Å². The van der Waals surface area contributed by atoms with Gasteiger partial charge in [0, 0.05) is 11.9 Å². The van der Waals surface area contributed by atoms with Gasteiger partial charge in [0.2, 0.25) is 0 Å². The third-order valence-corrected chi connectivity index (χ3v) is 3.76. The second-order valence-electron chi connectivity index (χ2n) is 4.06. The predicted octanol–water partition coefficient (Wildman–Crippen LogP) is 2.83. The standard InChI is InChI=1S/C12H12ClN3O2S/c1-7-9(19-6-14-7)5-16(2)11-4-8(12(17)18)3-10(13)15-11/h3-4,6H,5H2,1-2H3,(H,17,18). The van der Waals surface area contributed by atoms with Crippen molar-refractivity contribution in [3.63, 3.8) is 0 Å². The summed E-state index contributed by atoms with van der Waals surface area (Å²) in [4.78, 5) is 22.3. The highest BCUT2D eigenvalue weighted by atomic mass is 35.5. The summed E-state index contributed by atoms with van der Waals surface area (Å²) in [6, 6.07) is 2.84. The number of rotatable bonds is 4. The number of thiazole rings is 1. The highest BCUT2D eigenvalue weighted by Crippen LogP contribution is 2.21. The van der Waals surface area contributed by atoms with E-state index in [1.54, 1.807) is 16.8 Å². The predicted molar refractivity (Wildman–Crippen MR) is 75.2 cm³/mol. The van der Waals surface area contributed by atoms with Crippen LogP contribution in [0, 0.1) is 6.92 Å². The first-order valence-corrected chi connectivity index (χ1v) is 6.74. The Bertz CT molecular complexity index is 615. The molecule has 1 N–H and O–H groups in total. The average molecular weight is 298 g/mol. The lowest BCUT2D eigenvalue weighted by Gasteiger charge is -2.18. The van der Waals surface area contributed by atoms with E-state index in [0.717, 1.165) is 10.6 Å². The topological polar surface area (TPSA) is 66.3 Å². The maximum atomic E-state index is 11.0. The quantitative estimate of drug-likeness (QED) is 0.879. The molecule has 0 unspecified atom stereocenters. The van der Waals surface area contributed by atoms with Crippen LogP contribution in [-0.2, 0) is 6.54 Å². The van der Waals surface area contributed by atoms with E-state index in [1.807, 2.05) is 18.9 Å². The molecule has 0 fully saturated rings. The summed E-state index contributed by atoms with van der Waals surface area (Å²) < 4.78 is 0. The molecule has 0 bridgehead atoms. The molecule has 0 saturated heterocycles. The van der Waals surface area contributed by atoms with E-state index >= 15 is 0 Å². The highest BCUT2D eigenvalue weighted by molar-refractivity contribution is 7.09. The molecule has 0 aliphatic carbocycles. The van der Waals surface area contributed by atoms with Gasteiger partial charge in [-0.05, 0) is 19.1 Å². The molecule has 0 spiro atoms. The van der Waals surface area contributed by atoms with Gasteiger partial charge in [-0.15, -0.1) is 11.3 Å². The maximum Gasteiger partial charge on any atom is 0.335 e. The second-order valence-corrected chi connectivity index (χ2v) is 5.39. The maximum absolute atomic E-state index is 11.0. The summed E-state index contributed by atoms with van der Waals surface area (Å²) in [6.45, 7) is 2.55. The number of anilines is 1. The van der Waals surface area contributed by atoms with Gasteiger partial charge in [-0.1, -0.05) is 11.6 Å². The van der Waals surface area contributed by atoms with E-state index in [4.69, 9.17) is 16.7 Å². The van der Waals surface area contributed by atoms with Crippen LogP contribution in [0.4, 0.5) is 5.82 Å². The summed E-state index contributed by atoms with van der Waals surface area (Å²) in [5.74, 6) is -0.495. The number of halogens is 1. The fourth-order valence-corrected chi connectivity index (χ4v) is 2.61. The molecule has 0 atom stereocenters. The Balaban J connectivity index is 2.26. The molecule has 2 aromatic heterocycles. The third kappa shape index (κ3) is 3.21. The molecule has 19 heavy (non-hydrogen) atoms. The van der Waals surface area contributed by atoms with Crippen LogP contribution in [0.15, 0.2) is 17.6 Å². The van der Waals surface area contributed by atoms with Crippen LogP contribution in [-0.4, -0.2) is 28.1 Å². The number of pyridine rings is 1. The largest absolute Gasteiger partial charge is 0.478 e. The van der Waals surface area contributed by atoms with Crippen LogP contribution in [0.3, 0.4) is 0 Å². The van der Waals surface area contributed by atoms with Crippen LogP contribution in [0.5, 0.6) is 0 Å². The molecule has 0 aliphatic heterocycles. The number of nitrogens with zero attached hydrogens (tertiary/aromatic N) is 3. The molecular weight excluding hydrogens is 286 g/mol. The van der Waals surface area contributed by atoms with Crippen molar-refractivity contribution in [2.75, 3.05) is 11.9 Å². The zero-order valence-electron chi connectivity index (χ0n) is 10.4. The number of carboxylic acid groups (broad SMARTS) is 1. The molecule has 5 nitrogen and oxygen atoms in total. The zero-order chi connectivity index (χ0) is 14.0. The van der Waals surface area contributed by atoms with Gasteiger partial charge in [0.15, 0.2) is 0 Å². The Morgan fingerprint density at radius 2 is 2.26 bits per heavy atom. The first-order chi connectivity index (χ1) is 8.97. The van der Waals surface area contributed by atoms with Crippen molar-refractivity contribution in [1.29, 1.82) is 0 Å². The smallest absolute Gasteiger partial charge is 0.335 e. The van der Waals surface area contributed by atoms with Gasteiger partial charge >= 0.3 is 5.97 Å². The summed E-state index contributed by atoms with van der Waals surface area (Å²) in [7, 11) is 1.84. The fourth-order valence-electron chi connectivity index (χ4n) is 1.58. The Morgan fingerprint density at radius 1 is 1.53 bits per heavy atom. The zero-order valence-corrected chi connectivity index (χ0v) is 12.0. The Kier molecular flexibility index (Phi) is 4.01. The lowest BCUT2D eigenvalue weighted by atomic mass is 10.2. The molecule has 0 aromatic carbocycles. The number of carboxylic acids is 1. The van der Waals surface area contributed by atoms with Gasteiger partial charge < -0.3 is 10.0 Å². The van der Waals surface area contributed by atoms with Crippen molar-refractivity contribution in [1.82, 2.24) is 9.97 Å². The summed E-state index contributed by atoms with van der Waals surface area (Å²) in [5, 5.41) is 9.17. The number of hydrogen-bond acceptors (Lipinski definition) is 5. The van der Waals surface area contributed by atoms with Crippen molar-refractivity contribution in [3.8, 4) is 0 Å². The number of aromatic nitrogens is 2. The molecular formula is C12H12ClN3O2S. The second kappa shape index (κ2) is 5.54. The van der Waals surface area contributed by atoms with Crippen molar-refractivity contribution in [3.05, 3.63) is 38.9 Å². The monoisotopic (exact) mass is 297 g/mol. The molecule has 7 heteroatoms. The Labute approximate surface area is 119 Å². The average Bonchev–Trinajstić information content (AvgIpc) is 2.74. The van der Waals surface area contributed by atoms with E-state index in [1.165, 1.54) is 12.1 Å². The summed E-state index contributed by atoms with van der Waals surface area (Å²) in [5.41, 5.74) is 2.88. The molecule has 0 aliphatic rings. The Hall–Kier alpha value is -1.66. The van der Waals surface area contributed by atoms with Gasteiger partial charge in [-0.2, -0.15) is 0 Å². The third-order valence-electron chi connectivity index (χ3n) is 2.64. The van der Waals surface area contributed by atoms with E-state index in [0.29, 0.717) is 12.4 Å². The SMILES string of the molecule is Cc1ncsc1CN(C)c1cc(C(=O)O)cc(Cl)n1. The normalized spacial score (nSPS) is 10.5. The van der Waals surface area contributed by atoms with Crippen LogP contribution in [0.25, 0.3) is 0 Å². The summed E-state index contributed by atoms with van der Waals surface area (Å²) >= 11 is 7.40. The molecule has 0 saturated carbocycles. The summed E-state index contributed by atoms with van der Waals surface area (Å²) in [6.07, 6.45) is 0. The molecule has 2 rings (SSSR count). The number of aryl methyl sites for hydroxylation is 1. The number of aromatic carboxylic acids is 1. The molecule has 100 valence electrons. The molecule has 0 amide bonds. The minimum Gasteiger partial charge on any atom is -0.478 e. The lowest BCUT2D eigenvalue weighted by molar-refractivity contribution is 0.0697. The van der Waals surface area contributed by atoms with Crippen molar-refractivity contribution in [2.24, 2.45) is 0 Å². The first kappa shape index (κ1) is 13.8. The van der Waals surface area contributed by atoms with Crippen LogP contribution in [0.2, 0.25) is 5.15 Å². The minimum absolute atomic E-state index is 0.128. The number of hydrogen-bond donors (Lipinski definition) is 1. The molecule has 2 heterocycles. The van der Waals surface area contributed by atoms with Gasteiger partial charge in [-0.25, -0.2) is 14.8 Å². The first-order valence-electron chi connectivity index (χ1n) is 5.48. The van der Waals surface area contributed by atoms with Crippen molar-refractivity contribution in [2.45, 2.75) is 13.5 Å². The van der Waals surface area contributed by atoms with Crippen LogP contribution < -0.4 is 4.90 Å².